The number of aromatic nitrogens is 4. The van der Waals surface area contributed by atoms with Crippen molar-refractivity contribution in [3.8, 4) is 11.4 Å². The van der Waals surface area contributed by atoms with Gasteiger partial charge in [-0.05, 0) is 43.3 Å². The van der Waals surface area contributed by atoms with E-state index in [1.54, 1.807) is 17.8 Å². The molecule has 1 atom stereocenters. The number of fused-ring (bicyclic) bond motifs is 1. The maximum atomic E-state index is 12.6. The van der Waals surface area contributed by atoms with Crippen LogP contribution in [0, 0.1) is 0 Å². The van der Waals surface area contributed by atoms with Crippen LogP contribution in [0.4, 0.5) is 14.5 Å². The zero-order valence-corrected chi connectivity index (χ0v) is 17.1. The summed E-state index contributed by atoms with van der Waals surface area (Å²) in [6.45, 7) is -1.14. The Morgan fingerprint density at radius 3 is 2.55 bits per heavy atom. The molecule has 1 unspecified atom stereocenters. The minimum Gasteiger partial charge on any atom is -0.435 e. The number of amides is 1. The van der Waals surface area contributed by atoms with Crippen LogP contribution < -0.4 is 10.1 Å². The van der Waals surface area contributed by atoms with E-state index in [-0.39, 0.29) is 11.7 Å². The van der Waals surface area contributed by atoms with E-state index in [1.807, 2.05) is 30.3 Å². The number of hydrogen-bond acceptors (Lipinski definition) is 6. The molecule has 0 spiro atoms. The Labute approximate surface area is 180 Å². The van der Waals surface area contributed by atoms with Gasteiger partial charge >= 0.3 is 6.61 Å². The van der Waals surface area contributed by atoms with Crippen molar-refractivity contribution in [1.29, 1.82) is 0 Å². The summed E-state index contributed by atoms with van der Waals surface area (Å²) in [6, 6.07) is 15.3. The molecule has 7 nitrogen and oxygen atoms in total. The predicted octanol–water partition coefficient (Wildman–Crippen LogP) is 4.54. The van der Waals surface area contributed by atoms with Crippen LogP contribution in [0.3, 0.4) is 0 Å². The summed E-state index contributed by atoms with van der Waals surface area (Å²) in [6.07, 6.45) is 3.12. The van der Waals surface area contributed by atoms with E-state index in [1.165, 1.54) is 42.4 Å². The van der Waals surface area contributed by atoms with Gasteiger partial charge in [0.1, 0.15) is 17.1 Å². The zero-order chi connectivity index (χ0) is 21.8. The van der Waals surface area contributed by atoms with E-state index in [9.17, 15) is 13.6 Å². The predicted molar refractivity (Wildman–Crippen MR) is 114 cm³/mol. The molecule has 0 aliphatic heterocycles. The molecule has 0 aliphatic rings. The quantitative estimate of drug-likeness (QED) is 0.335. The maximum absolute atomic E-state index is 12.6. The lowest BCUT2D eigenvalue weighted by Gasteiger charge is -2.12. The number of carbonyl (C=O) groups excluding carboxylic acids is 1. The molecule has 1 amide bonds. The maximum Gasteiger partial charge on any atom is 0.387 e. The van der Waals surface area contributed by atoms with Crippen molar-refractivity contribution in [2.24, 2.45) is 0 Å². The van der Waals surface area contributed by atoms with E-state index in [0.717, 1.165) is 11.1 Å². The fraction of sp³-hybridized carbons (Fsp3) is 0.143. The fourth-order valence-corrected chi connectivity index (χ4v) is 3.74. The van der Waals surface area contributed by atoms with Gasteiger partial charge in [-0.2, -0.15) is 13.9 Å². The number of hydrogen-bond donors (Lipinski definition) is 1. The van der Waals surface area contributed by atoms with Crippen molar-refractivity contribution >= 4 is 34.4 Å². The second-order valence-corrected chi connectivity index (χ2v) is 7.79. The molecule has 2 heterocycles. The summed E-state index contributed by atoms with van der Waals surface area (Å²) in [7, 11) is 0. The second kappa shape index (κ2) is 9.09. The summed E-state index contributed by atoms with van der Waals surface area (Å²) in [5.74, 6) is -0.232. The molecule has 158 valence electrons. The Balaban J connectivity index is 1.47. The molecule has 4 aromatic rings. The first-order chi connectivity index (χ1) is 15.0. The highest BCUT2D eigenvalue weighted by molar-refractivity contribution is 8.00. The highest BCUT2D eigenvalue weighted by Crippen LogP contribution is 2.29. The van der Waals surface area contributed by atoms with Crippen LogP contribution in [-0.4, -0.2) is 37.5 Å². The summed E-state index contributed by atoms with van der Waals surface area (Å²) in [5, 5.41) is 8.06. The van der Waals surface area contributed by atoms with Crippen LogP contribution in [0.2, 0.25) is 0 Å². The van der Waals surface area contributed by atoms with Crippen LogP contribution in [-0.2, 0) is 4.79 Å². The van der Waals surface area contributed by atoms with Gasteiger partial charge in [-0.25, -0.2) is 14.6 Å². The van der Waals surface area contributed by atoms with Crippen molar-refractivity contribution < 1.29 is 18.3 Å². The Morgan fingerprint density at radius 1 is 1.10 bits per heavy atom. The number of carbonyl (C=O) groups is 1. The Morgan fingerprint density at radius 2 is 1.84 bits per heavy atom. The van der Waals surface area contributed by atoms with E-state index in [0.29, 0.717) is 16.4 Å². The lowest BCUT2D eigenvalue weighted by Crippen LogP contribution is -2.22. The molecule has 0 saturated heterocycles. The number of para-hydroxylation sites is 1. The number of ether oxygens (including phenoxy) is 1. The van der Waals surface area contributed by atoms with Crippen molar-refractivity contribution in [3.05, 3.63) is 67.1 Å². The molecule has 31 heavy (non-hydrogen) atoms. The van der Waals surface area contributed by atoms with Gasteiger partial charge in [0.2, 0.25) is 5.91 Å². The Hall–Kier alpha value is -3.53. The summed E-state index contributed by atoms with van der Waals surface area (Å²) < 4.78 is 30.5. The van der Waals surface area contributed by atoms with Crippen LogP contribution in [0.5, 0.6) is 5.75 Å². The molecule has 0 saturated carbocycles. The molecule has 1 N–H and O–H groups in total. The monoisotopic (exact) mass is 441 g/mol. The highest BCUT2D eigenvalue weighted by Gasteiger charge is 2.19. The van der Waals surface area contributed by atoms with Crippen LogP contribution in [0.15, 0.2) is 72.1 Å². The third-order valence-corrected chi connectivity index (χ3v) is 5.45. The minimum atomic E-state index is -2.90. The Kier molecular flexibility index (Phi) is 6.08. The zero-order valence-electron chi connectivity index (χ0n) is 16.3. The smallest absolute Gasteiger partial charge is 0.387 e. The van der Waals surface area contributed by atoms with Gasteiger partial charge in [0.15, 0.2) is 5.65 Å². The summed E-state index contributed by atoms with van der Waals surface area (Å²) >= 11 is 1.28. The number of nitrogens with one attached hydrogen (secondary N) is 1. The number of thioether (sulfide) groups is 1. The first-order valence-electron chi connectivity index (χ1n) is 9.28. The van der Waals surface area contributed by atoms with Gasteiger partial charge < -0.3 is 10.1 Å². The number of anilines is 1. The summed E-state index contributed by atoms with van der Waals surface area (Å²) in [4.78, 5) is 21.2. The Bertz CT molecular complexity index is 1190. The molecule has 0 radical (unpaired) electrons. The second-order valence-electron chi connectivity index (χ2n) is 6.46. The highest BCUT2D eigenvalue weighted by atomic mass is 32.2. The van der Waals surface area contributed by atoms with Crippen LogP contribution in [0.1, 0.15) is 6.92 Å². The van der Waals surface area contributed by atoms with E-state index in [4.69, 9.17) is 0 Å². The third-order valence-electron chi connectivity index (χ3n) is 4.33. The van der Waals surface area contributed by atoms with Crippen molar-refractivity contribution in [1.82, 2.24) is 19.7 Å². The molecule has 4 rings (SSSR count). The van der Waals surface area contributed by atoms with Crippen molar-refractivity contribution in [2.45, 2.75) is 23.8 Å². The topological polar surface area (TPSA) is 81.9 Å². The van der Waals surface area contributed by atoms with Crippen molar-refractivity contribution in [2.75, 3.05) is 5.32 Å². The first kappa shape index (κ1) is 20.7. The number of nitrogens with zero attached hydrogens (tertiary/aromatic N) is 4. The molecule has 10 heteroatoms. The first-order valence-corrected chi connectivity index (χ1v) is 10.2. The van der Waals surface area contributed by atoms with Crippen molar-refractivity contribution in [3.63, 3.8) is 0 Å². The molecule has 0 fully saturated rings. The average Bonchev–Trinajstić information content (AvgIpc) is 3.20. The van der Waals surface area contributed by atoms with Gasteiger partial charge in [-0.3, -0.25) is 4.79 Å². The summed E-state index contributed by atoms with van der Waals surface area (Å²) in [5.41, 5.74) is 1.99. The van der Waals surface area contributed by atoms with E-state index in [2.05, 4.69) is 25.1 Å². The van der Waals surface area contributed by atoms with Gasteiger partial charge in [-0.1, -0.05) is 30.0 Å². The van der Waals surface area contributed by atoms with Crippen LogP contribution >= 0.6 is 11.8 Å². The molecule has 0 bridgehead atoms. The standard InChI is InChI=1S/C21H17F2N5O2S/c1-13(19(29)27-14-7-9-16(10-8-14)30-21(22)23)31-20-17-11-26-28(18(17)24-12-25-20)15-5-3-2-4-6-15/h2-13,21H,1H3,(H,27,29). The number of alkyl halides is 2. The van der Waals surface area contributed by atoms with E-state index < -0.39 is 11.9 Å². The molecule has 2 aromatic heterocycles. The third kappa shape index (κ3) is 4.80. The number of rotatable bonds is 7. The molecule has 0 aliphatic carbocycles. The lowest BCUT2D eigenvalue weighted by atomic mass is 10.3. The van der Waals surface area contributed by atoms with Gasteiger partial charge in [0.25, 0.3) is 0 Å². The lowest BCUT2D eigenvalue weighted by molar-refractivity contribution is -0.115. The van der Waals surface area contributed by atoms with Gasteiger partial charge in [-0.15, -0.1) is 0 Å². The van der Waals surface area contributed by atoms with Gasteiger partial charge in [0.05, 0.1) is 22.5 Å². The average molecular weight is 441 g/mol. The molecule has 2 aromatic carbocycles. The van der Waals surface area contributed by atoms with Gasteiger partial charge in [0, 0.05) is 5.69 Å². The number of benzene rings is 2. The van der Waals surface area contributed by atoms with E-state index >= 15 is 0 Å². The molecular weight excluding hydrogens is 424 g/mol. The fourth-order valence-electron chi connectivity index (χ4n) is 2.86. The number of halogens is 2. The normalized spacial score (nSPS) is 12.1. The molecular formula is C21H17F2N5O2S. The largest absolute Gasteiger partial charge is 0.435 e. The SMILES string of the molecule is CC(Sc1ncnc2c1cnn2-c1ccccc1)C(=O)Nc1ccc(OC(F)F)cc1. The van der Waals surface area contributed by atoms with Crippen LogP contribution in [0.25, 0.3) is 16.7 Å². The minimum absolute atomic E-state index is 0.0224.